The van der Waals surface area contributed by atoms with Crippen LogP contribution in [0.4, 0.5) is 0 Å². The highest BCUT2D eigenvalue weighted by Crippen LogP contribution is 2.30. The lowest BCUT2D eigenvalue weighted by Crippen LogP contribution is -1.92. The molecule has 1 heterocycles. The smallest absolute Gasteiger partial charge is 0.231 e. The fraction of sp³-hybridized carbons (Fsp3) is 0.333. The third-order valence-electron chi connectivity index (χ3n) is 1.35. The van der Waals surface area contributed by atoms with E-state index in [-0.39, 0.29) is 0 Å². The fourth-order valence-electron chi connectivity index (χ4n) is 0.845. The predicted octanol–water partition coefficient (Wildman–Crippen LogP) is 2.88. The molecule has 1 aromatic carbocycles. The van der Waals surface area contributed by atoms with Crippen LogP contribution < -0.4 is 9.47 Å². The van der Waals surface area contributed by atoms with Crippen LogP contribution in [-0.4, -0.2) is 18.6 Å². The van der Waals surface area contributed by atoms with Crippen LogP contribution in [0.25, 0.3) is 0 Å². The van der Waals surface area contributed by atoms with Crippen LogP contribution in [-0.2, 0) is 0 Å². The Balaban J connectivity index is 0.000000184. The van der Waals surface area contributed by atoms with Gasteiger partial charge in [-0.2, -0.15) is 0 Å². The number of para-hydroxylation sites is 2. The summed E-state index contributed by atoms with van der Waals surface area (Å²) in [6, 6.07) is 7.63. The van der Waals surface area contributed by atoms with E-state index in [1.165, 1.54) is 0 Å². The Labute approximate surface area is 87.4 Å². The Kier molecular flexibility index (Phi) is 4.79. The second kappa shape index (κ2) is 5.95. The first-order chi connectivity index (χ1) is 6.38. The Bertz CT molecular complexity index is 228. The molecular formula is C9H10Cl2O2. The van der Waals surface area contributed by atoms with Gasteiger partial charge in [-0.05, 0) is 12.1 Å². The number of alkyl halides is 2. The number of hydrogen-bond donors (Lipinski definition) is 0. The van der Waals surface area contributed by atoms with Gasteiger partial charge in [-0.15, -0.1) is 23.2 Å². The van der Waals surface area contributed by atoms with Crippen molar-refractivity contribution in [1.82, 2.24) is 0 Å². The summed E-state index contributed by atoms with van der Waals surface area (Å²) in [4.78, 5) is 0. The van der Waals surface area contributed by atoms with Crippen LogP contribution >= 0.6 is 23.2 Å². The zero-order chi connectivity index (χ0) is 9.52. The molecule has 0 saturated heterocycles. The fourth-order valence-corrected chi connectivity index (χ4v) is 0.845. The lowest BCUT2D eigenvalue weighted by molar-refractivity contribution is 0.174. The van der Waals surface area contributed by atoms with E-state index in [1.807, 2.05) is 24.3 Å². The highest BCUT2D eigenvalue weighted by atomic mass is 35.5. The molecule has 0 bridgehead atoms. The summed E-state index contributed by atoms with van der Waals surface area (Å²) in [6.45, 7) is 0.360. The Hall–Kier alpha value is -0.600. The molecule has 0 spiro atoms. The molecule has 72 valence electrons. The summed E-state index contributed by atoms with van der Waals surface area (Å²) < 4.78 is 10.2. The molecule has 0 aromatic heterocycles. The topological polar surface area (TPSA) is 18.5 Å². The van der Waals surface area contributed by atoms with Crippen molar-refractivity contribution in [3.63, 3.8) is 0 Å². The SMILES string of the molecule is ClCCCl.c1ccc2c(c1)OCO2. The third-order valence-corrected chi connectivity index (χ3v) is 1.92. The van der Waals surface area contributed by atoms with Crippen molar-refractivity contribution < 1.29 is 9.47 Å². The van der Waals surface area contributed by atoms with E-state index in [0.717, 1.165) is 11.5 Å². The van der Waals surface area contributed by atoms with E-state index < -0.39 is 0 Å². The molecule has 1 aliphatic rings. The number of ether oxygens (including phenoxy) is 2. The number of fused-ring (bicyclic) bond motifs is 1. The van der Waals surface area contributed by atoms with Gasteiger partial charge in [0.2, 0.25) is 6.79 Å². The summed E-state index contributed by atoms with van der Waals surface area (Å²) in [6.07, 6.45) is 0. The molecule has 0 aliphatic carbocycles. The lowest BCUT2D eigenvalue weighted by Gasteiger charge is -1.89. The zero-order valence-corrected chi connectivity index (χ0v) is 8.52. The van der Waals surface area contributed by atoms with Crippen molar-refractivity contribution in [2.45, 2.75) is 0 Å². The molecule has 2 nitrogen and oxygen atoms in total. The van der Waals surface area contributed by atoms with E-state index in [1.54, 1.807) is 0 Å². The number of halogens is 2. The van der Waals surface area contributed by atoms with Gasteiger partial charge in [0.15, 0.2) is 11.5 Å². The van der Waals surface area contributed by atoms with Crippen molar-refractivity contribution in [2.75, 3.05) is 18.6 Å². The van der Waals surface area contributed by atoms with E-state index in [9.17, 15) is 0 Å². The van der Waals surface area contributed by atoms with Crippen LogP contribution in [0.15, 0.2) is 24.3 Å². The van der Waals surface area contributed by atoms with Gasteiger partial charge in [-0.3, -0.25) is 0 Å². The molecule has 0 unspecified atom stereocenters. The van der Waals surface area contributed by atoms with Crippen LogP contribution in [0.3, 0.4) is 0 Å². The molecule has 0 N–H and O–H groups in total. The van der Waals surface area contributed by atoms with Crippen molar-refractivity contribution in [2.24, 2.45) is 0 Å². The molecule has 0 atom stereocenters. The standard InChI is InChI=1S/C7H6O2.C2H4Cl2/c1-2-4-7-6(3-1)8-5-9-7;3-1-2-4/h1-4H,5H2;1-2H2. The summed E-state index contributed by atoms with van der Waals surface area (Å²) >= 11 is 10.1. The average Bonchev–Trinajstić information content (AvgIpc) is 2.66. The lowest BCUT2D eigenvalue weighted by atomic mass is 10.3. The van der Waals surface area contributed by atoms with Crippen LogP contribution in [0.5, 0.6) is 11.5 Å². The predicted molar refractivity (Wildman–Crippen MR) is 54.0 cm³/mol. The summed E-state index contributed by atoms with van der Waals surface area (Å²) in [5, 5.41) is 0. The normalized spacial score (nSPS) is 11.8. The molecule has 0 fully saturated rings. The van der Waals surface area contributed by atoms with E-state index >= 15 is 0 Å². The van der Waals surface area contributed by atoms with E-state index in [4.69, 9.17) is 32.7 Å². The highest BCUT2D eigenvalue weighted by Gasteiger charge is 2.09. The summed E-state index contributed by atoms with van der Waals surface area (Å²) in [5.41, 5.74) is 0. The van der Waals surface area contributed by atoms with Crippen LogP contribution in [0, 0.1) is 0 Å². The quantitative estimate of drug-likeness (QED) is 0.679. The summed E-state index contributed by atoms with van der Waals surface area (Å²) in [5.74, 6) is 2.80. The first kappa shape index (κ1) is 10.5. The molecule has 13 heavy (non-hydrogen) atoms. The minimum atomic E-state index is 0.360. The first-order valence-electron chi connectivity index (χ1n) is 3.85. The molecular weight excluding hydrogens is 211 g/mol. The van der Waals surface area contributed by atoms with E-state index in [0.29, 0.717) is 18.6 Å². The third kappa shape index (κ3) is 3.33. The van der Waals surface area contributed by atoms with Gasteiger partial charge in [0, 0.05) is 11.8 Å². The van der Waals surface area contributed by atoms with Gasteiger partial charge in [0.1, 0.15) is 0 Å². The maximum absolute atomic E-state index is 5.08. The van der Waals surface area contributed by atoms with Gasteiger partial charge in [0.05, 0.1) is 0 Å². The molecule has 2 rings (SSSR count). The number of benzene rings is 1. The monoisotopic (exact) mass is 220 g/mol. The maximum Gasteiger partial charge on any atom is 0.231 e. The average molecular weight is 221 g/mol. The Morgan fingerprint density at radius 2 is 1.46 bits per heavy atom. The van der Waals surface area contributed by atoms with Gasteiger partial charge in [-0.1, -0.05) is 12.1 Å². The van der Waals surface area contributed by atoms with Crippen molar-refractivity contribution in [3.8, 4) is 11.5 Å². The minimum Gasteiger partial charge on any atom is -0.454 e. The molecule has 0 amide bonds. The number of hydrogen-bond acceptors (Lipinski definition) is 2. The van der Waals surface area contributed by atoms with Crippen molar-refractivity contribution in [1.29, 1.82) is 0 Å². The minimum absolute atomic E-state index is 0.360. The second-order valence-corrected chi connectivity index (χ2v) is 2.99. The van der Waals surface area contributed by atoms with Crippen LogP contribution in [0.2, 0.25) is 0 Å². The maximum atomic E-state index is 5.08. The van der Waals surface area contributed by atoms with Gasteiger partial charge in [0.25, 0.3) is 0 Å². The van der Waals surface area contributed by atoms with Gasteiger partial charge >= 0.3 is 0 Å². The molecule has 1 aromatic rings. The Morgan fingerprint density at radius 1 is 1.00 bits per heavy atom. The molecule has 0 saturated carbocycles. The molecule has 1 aliphatic heterocycles. The van der Waals surface area contributed by atoms with E-state index in [2.05, 4.69) is 0 Å². The van der Waals surface area contributed by atoms with Gasteiger partial charge < -0.3 is 9.47 Å². The number of rotatable bonds is 1. The van der Waals surface area contributed by atoms with Gasteiger partial charge in [-0.25, -0.2) is 0 Å². The second-order valence-electron chi connectivity index (χ2n) is 2.23. The highest BCUT2D eigenvalue weighted by molar-refractivity contribution is 6.25. The van der Waals surface area contributed by atoms with Crippen molar-refractivity contribution >= 4 is 23.2 Å². The first-order valence-corrected chi connectivity index (χ1v) is 4.92. The molecule has 4 heteroatoms. The Morgan fingerprint density at radius 3 is 1.85 bits per heavy atom. The van der Waals surface area contributed by atoms with Crippen LogP contribution in [0.1, 0.15) is 0 Å². The summed E-state index contributed by atoms with van der Waals surface area (Å²) in [7, 11) is 0. The largest absolute Gasteiger partial charge is 0.454 e. The van der Waals surface area contributed by atoms with Crippen molar-refractivity contribution in [3.05, 3.63) is 24.3 Å². The zero-order valence-electron chi connectivity index (χ0n) is 7.00. The molecule has 0 radical (unpaired) electrons.